The average molecular weight is 497 g/mol. The van der Waals surface area contributed by atoms with E-state index in [2.05, 4.69) is 0 Å². The Morgan fingerprint density at radius 2 is 1.40 bits per heavy atom. The number of esters is 1. The maximum absolute atomic E-state index is 13.6. The summed E-state index contributed by atoms with van der Waals surface area (Å²) in [7, 11) is 5.80. The van der Waals surface area contributed by atoms with E-state index < -0.39 is 5.97 Å². The lowest BCUT2D eigenvalue weighted by Gasteiger charge is -2.20. The average Bonchev–Trinajstić information content (AvgIpc) is 2.87. The predicted molar refractivity (Wildman–Crippen MR) is 138 cm³/mol. The van der Waals surface area contributed by atoms with Gasteiger partial charge in [-0.15, -0.1) is 12.4 Å². The van der Waals surface area contributed by atoms with Gasteiger partial charge in [0, 0.05) is 22.3 Å². The highest BCUT2D eigenvalue weighted by Crippen LogP contribution is 2.43. The van der Waals surface area contributed by atoms with Crippen LogP contribution in [0.2, 0.25) is 0 Å². The minimum Gasteiger partial charge on any atom is -0.493 e. The molecule has 0 saturated carbocycles. The van der Waals surface area contributed by atoms with Crippen molar-refractivity contribution in [2.75, 3.05) is 34.2 Å². The number of rotatable bonds is 6. The van der Waals surface area contributed by atoms with E-state index in [9.17, 15) is 9.59 Å². The summed E-state index contributed by atoms with van der Waals surface area (Å²) in [5.41, 5.74) is 7.61. The van der Waals surface area contributed by atoms with E-state index in [0.717, 1.165) is 0 Å². The molecule has 0 aliphatic heterocycles. The predicted octanol–water partition coefficient (Wildman–Crippen LogP) is 4.47. The van der Waals surface area contributed by atoms with Gasteiger partial charge >= 0.3 is 5.97 Å². The molecule has 8 nitrogen and oxygen atoms in total. The molecule has 0 aliphatic carbocycles. The van der Waals surface area contributed by atoms with Gasteiger partial charge in [0.05, 0.1) is 28.4 Å². The van der Waals surface area contributed by atoms with Gasteiger partial charge in [0.15, 0.2) is 11.5 Å². The molecule has 0 spiro atoms. The third kappa shape index (κ3) is 4.36. The lowest BCUT2D eigenvalue weighted by molar-refractivity contribution is 0.0591. The van der Waals surface area contributed by atoms with Crippen LogP contribution >= 0.6 is 12.4 Å². The Labute approximate surface area is 208 Å². The van der Waals surface area contributed by atoms with Crippen LogP contribution in [0.3, 0.4) is 0 Å². The summed E-state index contributed by atoms with van der Waals surface area (Å²) in [5.74, 6) is 0.539. The van der Waals surface area contributed by atoms with Gasteiger partial charge in [-0.1, -0.05) is 18.2 Å². The van der Waals surface area contributed by atoms with Crippen molar-refractivity contribution < 1.29 is 23.7 Å². The number of nitrogens with two attached hydrogens (primary N) is 1. The molecule has 9 heteroatoms. The molecule has 35 heavy (non-hydrogen) atoms. The maximum Gasteiger partial charge on any atom is 0.355 e. The van der Waals surface area contributed by atoms with E-state index in [-0.39, 0.29) is 23.7 Å². The second kappa shape index (κ2) is 10.4. The van der Waals surface area contributed by atoms with Gasteiger partial charge in [0.1, 0.15) is 5.69 Å². The number of pyridine rings is 1. The summed E-state index contributed by atoms with van der Waals surface area (Å²) < 4.78 is 23.0. The zero-order valence-electron chi connectivity index (χ0n) is 19.7. The van der Waals surface area contributed by atoms with E-state index >= 15 is 0 Å². The largest absolute Gasteiger partial charge is 0.493 e. The van der Waals surface area contributed by atoms with E-state index in [1.54, 1.807) is 60.7 Å². The number of fused-ring (bicyclic) bond motifs is 1. The summed E-state index contributed by atoms with van der Waals surface area (Å²) >= 11 is 0. The number of hydrogen-bond donors (Lipinski definition) is 1. The van der Waals surface area contributed by atoms with Gasteiger partial charge in [-0.05, 0) is 53.4 Å². The lowest BCUT2D eigenvalue weighted by atomic mass is 9.95. The molecule has 0 fully saturated rings. The summed E-state index contributed by atoms with van der Waals surface area (Å²) in [4.78, 5) is 26.8. The summed E-state index contributed by atoms with van der Waals surface area (Å²) in [6.45, 7) is 0. The number of ether oxygens (including phenoxy) is 4. The lowest BCUT2D eigenvalue weighted by Crippen LogP contribution is -2.26. The Balaban J connectivity index is 0.00000342. The molecule has 0 bridgehead atoms. The molecule has 0 saturated heterocycles. The zero-order chi connectivity index (χ0) is 24.4. The van der Waals surface area contributed by atoms with Crippen LogP contribution in [0.25, 0.3) is 27.6 Å². The zero-order valence-corrected chi connectivity index (χ0v) is 20.5. The molecular formula is C26H25ClN2O6. The van der Waals surface area contributed by atoms with Crippen LogP contribution in [-0.2, 0) is 4.74 Å². The number of carbonyl (C=O) groups excluding carboxylic acids is 1. The number of aromatic nitrogens is 1. The monoisotopic (exact) mass is 496 g/mol. The van der Waals surface area contributed by atoms with Crippen molar-refractivity contribution in [1.82, 2.24) is 4.57 Å². The van der Waals surface area contributed by atoms with Gasteiger partial charge in [-0.3, -0.25) is 9.36 Å². The minimum absolute atomic E-state index is 0. The highest BCUT2D eigenvalue weighted by molar-refractivity contribution is 6.07. The van der Waals surface area contributed by atoms with Crippen LogP contribution in [0, 0.1) is 0 Å². The molecule has 4 aromatic rings. The van der Waals surface area contributed by atoms with Crippen molar-refractivity contribution in [3.8, 4) is 34.1 Å². The van der Waals surface area contributed by atoms with E-state index in [1.165, 1.54) is 33.0 Å². The first-order valence-electron chi connectivity index (χ1n) is 10.4. The van der Waals surface area contributed by atoms with E-state index in [0.29, 0.717) is 50.5 Å². The van der Waals surface area contributed by atoms with Gasteiger partial charge in [-0.25, -0.2) is 4.79 Å². The molecule has 0 aliphatic rings. The smallest absolute Gasteiger partial charge is 0.355 e. The molecule has 0 unspecified atom stereocenters. The number of hydrogen-bond acceptors (Lipinski definition) is 7. The van der Waals surface area contributed by atoms with Crippen LogP contribution in [0.1, 0.15) is 10.5 Å². The summed E-state index contributed by atoms with van der Waals surface area (Å²) in [5, 5.41) is 1.00. The van der Waals surface area contributed by atoms with Crippen molar-refractivity contribution in [2.24, 2.45) is 0 Å². The quantitative estimate of drug-likeness (QED) is 0.310. The normalized spacial score (nSPS) is 10.4. The fourth-order valence-electron chi connectivity index (χ4n) is 4.03. The Kier molecular flexibility index (Phi) is 7.56. The molecule has 1 aromatic heterocycles. The van der Waals surface area contributed by atoms with Crippen molar-refractivity contribution in [3.05, 3.63) is 76.7 Å². The fourth-order valence-corrected chi connectivity index (χ4v) is 4.03. The van der Waals surface area contributed by atoms with E-state index in [1.807, 2.05) is 0 Å². The second-order valence-corrected chi connectivity index (χ2v) is 7.41. The number of halogens is 1. The third-order valence-electron chi connectivity index (χ3n) is 5.57. The van der Waals surface area contributed by atoms with Crippen molar-refractivity contribution in [2.45, 2.75) is 0 Å². The second-order valence-electron chi connectivity index (χ2n) is 7.41. The molecule has 182 valence electrons. The molecule has 0 atom stereocenters. The SMILES string of the molecule is COC(=O)c1c(-c2cc(OC)c(OC)c(OC)c2)c2ccccc2c(=O)n1-c1ccc(N)cc1.Cl. The first-order valence-corrected chi connectivity index (χ1v) is 10.4. The van der Waals surface area contributed by atoms with Gasteiger partial charge < -0.3 is 24.7 Å². The number of nitrogen functional groups attached to an aromatic ring is 1. The minimum atomic E-state index is -0.677. The molecule has 0 radical (unpaired) electrons. The number of methoxy groups -OCH3 is 4. The van der Waals surface area contributed by atoms with Crippen LogP contribution < -0.4 is 25.5 Å². The molecule has 3 aromatic carbocycles. The highest BCUT2D eigenvalue weighted by Gasteiger charge is 2.26. The Bertz CT molecular complexity index is 1420. The highest BCUT2D eigenvalue weighted by atomic mass is 35.5. The van der Waals surface area contributed by atoms with Crippen LogP contribution in [0.15, 0.2) is 65.5 Å². The van der Waals surface area contributed by atoms with Crippen LogP contribution in [0.4, 0.5) is 5.69 Å². The fraction of sp³-hybridized carbons (Fsp3) is 0.154. The standard InChI is InChI=1S/C26H24N2O6.ClH/c1-31-20-13-15(14-21(32-2)24(20)33-3)22-18-7-5-6-8-19(18)25(29)28(23(22)26(30)34-4)17-11-9-16(27)10-12-17;/h5-14H,27H2,1-4H3;1H. The van der Waals surface area contributed by atoms with Crippen molar-refractivity contribution >= 4 is 34.8 Å². The number of benzene rings is 3. The Morgan fingerprint density at radius 1 is 0.829 bits per heavy atom. The maximum atomic E-state index is 13.6. The summed E-state index contributed by atoms with van der Waals surface area (Å²) in [6, 6.07) is 17.2. The Hall–Kier alpha value is -4.17. The van der Waals surface area contributed by atoms with Crippen LogP contribution in [-0.4, -0.2) is 39.0 Å². The number of anilines is 1. The first-order chi connectivity index (χ1) is 16.4. The van der Waals surface area contributed by atoms with Gasteiger partial charge in [0.25, 0.3) is 5.56 Å². The number of carbonyl (C=O) groups is 1. The Morgan fingerprint density at radius 3 is 1.91 bits per heavy atom. The van der Waals surface area contributed by atoms with Crippen molar-refractivity contribution in [1.29, 1.82) is 0 Å². The number of nitrogens with zero attached hydrogens (tertiary/aromatic N) is 1. The molecule has 1 heterocycles. The van der Waals surface area contributed by atoms with Gasteiger partial charge in [0.2, 0.25) is 5.75 Å². The van der Waals surface area contributed by atoms with E-state index in [4.69, 9.17) is 24.7 Å². The molecule has 2 N–H and O–H groups in total. The van der Waals surface area contributed by atoms with Gasteiger partial charge in [-0.2, -0.15) is 0 Å². The topological polar surface area (TPSA) is 102 Å². The molecule has 4 rings (SSSR count). The molecule has 0 amide bonds. The summed E-state index contributed by atoms with van der Waals surface area (Å²) in [6.07, 6.45) is 0. The van der Waals surface area contributed by atoms with Crippen LogP contribution in [0.5, 0.6) is 17.2 Å². The molecular weight excluding hydrogens is 472 g/mol. The third-order valence-corrected chi connectivity index (χ3v) is 5.57. The first kappa shape index (κ1) is 25.5. The van der Waals surface area contributed by atoms with Crippen molar-refractivity contribution in [3.63, 3.8) is 0 Å².